The van der Waals surface area contributed by atoms with Gasteiger partial charge in [-0.2, -0.15) is 0 Å². The lowest BCUT2D eigenvalue weighted by Gasteiger charge is -2.20. The maximum Gasteiger partial charge on any atom is 0.205 e. The second kappa shape index (κ2) is 9.24. The van der Waals surface area contributed by atoms with Gasteiger partial charge in [0.15, 0.2) is 5.96 Å². The van der Waals surface area contributed by atoms with Gasteiger partial charge >= 0.3 is 0 Å². The number of nitrogens with zero attached hydrogens (tertiary/aromatic N) is 4. The predicted molar refractivity (Wildman–Crippen MR) is 123 cm³/mol. The zero-order chi connectivity index (χ0) is 21.6. The lowest BCUT2D eigenvalue weighted by Crippen LogP contribution is -2.48. The molecule has 2 unspecified atom stereocenters. The number of H-pyrrole nitrogens is 2. The van der Waals surface area contributed by atoms with E-state index in [-0.39, 0.29) is 12.3 Å². The Bertz CT molecular complexity index is 997. The SMILES string of the molecule is CNC1=NC(C)N=C(NCc2ccc(NC3=NC(C)N=C(NCc4ccc[nH]4)N3)[nH]2)N1. The highest BCUT2D eigenvalue weighted by Crippen LogP contribution is 2.09. The summed E-state index contributed by atoms with van der Waals surface area (Å²) < 4.78 is 0. The van der Waals surface area contributed by atoms with Crippen molar-refractivity contribution in [1.82, 2.24) is 36.6 Å². The van der Waals surface area contributed by atoms with Crippen molar-refractivity contribution in [2.45, 2.75) is 39.3 Å². The monoisotopic (exact) mass is 424 g/mol. The summed E-state index contributed by atoms with van der Waals surface area (Å²) in [7, 11) is 1.82. The Kier molecular flexibility index (Phi) is 6.05. The van der Waals surface area contributed by atoms with Crippen LogP contribution < -0.4 is 31.9 Å². The lowest BCUT2D eigenvalue weighted by atomic mass is 10.4. The molecule has 0 saturated carbocycles. The third kappa shape index (κ3) is 5.56. The third-order valence-electron chi connectivity index (χ3n) is 4.53. The zero-order valence-electron chi connectivity index (χ0n) is 17.7. The summed E-state index contributed by atoms with van der Waals surface area (Å²) in [5.74, 6) is 3.49. The van der Waals surface area contributed by atoms with Crippen molar-refractivity contribution >= 4 is 29.7 Å². The molecule has 4 heterocycles. The largest absolute Gasteiger partial charge is 0.364 e. The van der Waals surface area contributed by atoms with Gasteiger partial charge in [0.25, 0.3) is 0 Å². The summed E-state index contributed by atoms with van der Waals surface area (Å²) in [5.41, 5.74) is 2.08. The predicted octanol–water partition coefficient (Wildman–Crippen LogP) is 0.176. The highest BCUT2D eigenvalue weighted by atomic mass is 15.3. The van der Waals surface area contributed by atoms with E-state index < -0.39 is 0 Å². The van der Waals surface area contributed by atoms with Crippen LogP contribution in [0.2, 0.25) is 0 Å². The van der Waals surface area contributed by atoms with E-state index in [0.29, 0.717) is 36.9 Å². The number of hydrogen-bond donors (Lipinski definition) is 8. The Hall–Kier alpha value is -3.96. The Morgan fingerprint density at radius 2 is 1.45 bits per heavy atom. The second-order valence-electron chi connectivity index (χ2n) is 7.10. The first-order chi connectivity index (χ1) is 15.1. The van der Waals surface area contributed by atoms with Crippen molar-refractivity contribution < 1.29 is 0 Å². The fourth-order valence-electron chi connectivity index (χ4n) is 3.11. The molecule has 2 aliphatic rings. The molecule has 8 N–H and O–H groups in total. The van der Waals surface area contributed by atoms with Crippen LogP contribution >= 0.6 is 0 Å². The number of rotatable bonds is 5. The molecule has 2 aromatic rings. The van der Waals surface area contributed by atoms with Crippen LogP contribution in [0, 0.1) is 0 Å². The molecule has 0 fully saturated rings. The van der Waals surface area contributed by atoms with Crippen LogP contribution in [0.5, 0.6) is 0 Å². The molecule has 0 amide bonds. The third-order valence-corrected chi connectivity index (χ3v) is 4.53. The van der Waals surface area contributed by atoms with Crippen LogP contribution in [0.25, 0.3) is 0 Å². The van der Waals surface area contributed by atoms with Gasteiger partial charge in [-0.15, -0.1) is 0 Å². The van der Waals surface area contributed by atoms with Gasteiger partial charge in [0.1, 0.15) is 18.1 Å². The number of aromatic amines is 2. The number of nitrogens with one attached hydrogen (secondary N) is 8. The molecule has 12 heteroatoms. The average Bonchev–Trinajstić information content (AvgIpc) is 3.42. The summed E-state index contributed by atoms with van der Waals surface area (Å²) in [4.78, 5) is 24.2. The first-order valence-electron chi connectivity index (χ1n) is 10.2. The summed E-state index contributed by atoms with van der Waals surface area (Å²) in [6, 6.07) is 7.94. The standard InChI is InChI=1S/C19H28N12/c1-11-24-16(20-3)30-17(25-11)23-10-14-6-7-15(28-14)29-19-27-12(2)26-18(31-19)22-9-13-5-4-8-21-13/h4-8,11-12,21,28H,9-10H2,1-3H3,(H3,20,23,24,25,30)(H3,22,26,27,29,31). The number of aliphatic imine (C=N–C) groups is 4. The molecule has 31 heavy (non-hydrogen) atoms. The molecular formula is C19H28N12. The van der Waals surface area contributed by atoms with E-state index in [0.717, 1.165) is 17.2 Å². The Morgan fingerprint density at radius 1 is 0.806 bits per heavy atom. The Morgan fingerprint density at radius 3 is 2.13 bits per heavy atom. The summed E-state index contributed by atoms with van der Waals surface area (Å²) in [6.45, 7) is 5.09. The molecule has 0 saturated heterocycles. The second-order valence-corrected chi connectivity index (χ2v) is 7.10. The minimum Gasteiger partial charge on any atom is -0.364 e. The molecule has 4 rings (SSSR count). The van der Waals surface area contributed by atoms with Gasteiger partial charge in [0, 0.05) is 24.6 Å². The molecule has 12 nitrogen and oxygen atoms in total. The molecule has 0 radical (unpaired) electrons. The van der Waals surface area contributed by atoms with Crippen LogP contribution in [0.4, 0.5) is 5.82 Å². The van der Waals surface area contributed by atoms with E-state index in [1.807, 2.05) is 51.4 Å². The average molecular weight is 425 g/mol. The van der Waals surface area contributed by atoms with Crippen molar-refractivity contribution in [2.24, 2.45) is 20.0 Å². The highest BCUT2D eigenvalue weighted by molar-refractivity contribution is 6.06. The van der Waals surface area contributed by atoms with Crippen molar-refractivity contribution in [2.75, 3.05) is 12.4 Å². The van der Waals surface area contributed by atoms with Gasteiger partial charge in [-0.05, 0) is 38.1 Å². The van der Waals surface area contributed by atoms with Gasteiger partial charge < -0.3 is 31.2 Å². The van der Waals surface area contributed by atoms with Crippen LogP contribution in [-0.2, 0) is 13.1 Å². The minimum atomic E-state index is -0.189. The molecule has 0 aliphatic carbocycles. The summed E-state index contributed by atoms with van der Waals surface area (Å²) in [5, 5.41) is 19.1. The topological polar surface area (TPSA) is 153 Å². The van der Waals surface area contributed by atoms with E-state index in [1.54, 1.807) is 0 Å². The maximum atomic E-state index is 4.50. The van der Waals surface area contributed by atoms with Gasteiger partial charge in [-0.25, -0.2) is 20.0 Å². The minimum absolute atomic E-state index is 0.133. The van der Waals surface area contributed by atoms with Crippen molar-refractivity contribution in [3.8, 4) is 0 Å². The number of aromatic nitrogens is 2. The van der Waals surface area contributed by atoms with Gasteiger partial charge in [0.2, 0.25) is 17.9 Å². The molecule has 0 aromatic carbocycles. The number of anilines is 1. The van der Waals surface area contributed by atoms with Gasteiger partial charge in [0.05, 0.1) is 13.1 Å². The molecule has 164 valence electrons. The van der Waals surface area contributed by atoms with Crippen LogP contribution in [-0.4, -0.2) is 53.2 Å². The van der Waals surface area contributed by atoms with Crippen LogP contribution in [0.3, 0.4) is 0 Å². The number of hydrogen-bond acceptors (Lipinski definition) is 10. The maximum absolute atomic E-state index is 4.50. The van der Waals surface area contributed by atoms with Crippen molar-refractivity contribution in [3.63, 3.8) is 0 Å². The van der Waals surface area contributed by atoms with Gasteiger partial charge in [-0.1, -0.05) is 0 Å². The molecule has 0 bridgehead atoms. The van der Waals surface area contributed by atoms with E-state index in [2.05, 4.69) is 61.8 Å². The quantitative estimate of drug-likeness (QED) is 0.343. The first-order valence-corrected chi connectivity index (χ1v) is 10.2. The zero-order valence-corrected chi connectivity index (χ0v) is 17.7. The number of guanidine groups is 4. The molecular weight excluding hydrogens is 396 g/mol. The fourth-order valence-corrected chi connectivity index (χ4v) is 3.11. The van der Waals surface area contributed by atoms with Crippen LogP contribution in [0.1, 0.15) is 25.2 Å². The smallest absolute Gasteiger partial charge is 0.205 e. The Balaban J connectivity index is 1.28. The lowest BCUT2D eigenvalue weighted by molar-refractivity contribution is 0.727. The van der Waals surface area contributed by atoms with Crippen LogP contribution in [0.15, 0.2) is 50.4 Å². The summed E-state index contributed by atoms with van der Waals surface area (Å²) in [6.07, 6.45) is 1.57. The molecule has 2 atom stereocenters. The van der Waals surface area contributed by atoms with E-state index in [4.69, 9.17) is 0 Å². The van der Waals surface area contributed by atoms with Crippen molar-refractivity contribution in [1.29, 1.82) is 0 Å². The molecule has 2 aliphatic heterocycles. The van der Waals surface area contributed by atoms with Gasteiger partial charge in [-0.3, -0.25) is 10.6 Å². The van der Waals surface area contributed by atoms with E-state index in [9.17, 15) is 0 Å². The normalized spacial score (nSPS) is 20.4. The summed E-state index contributed by atoms with van der Waals surface area (Å²) >= 11 is 0. The fraction of sp³-hybridized carbons (Fsp3) is 0.368. The van der Waals surface area contributed by atoms with E-state index >= 15 is 0 Å². The molecule has 2 aromatic heterocycles. The van der Waals surface area contributed by atoms with E-state index in [1.165, 1.54) is 0 Å². The van der Waals surface area contributed by atoms with Crippen molar-refractivity contribution in [3.05, 3.63) is 41.9 Å². The Labute approximate surface area is 180 Å². The highest BCUT2D eigenvalue weighted by Gasteiger charge is 2.15. The molecule has 0 spiro atoms. The first kappa shape index (κ1) is 20.3.